The van der Waals surface area contributed by atoms with Crippen LogP contribution >= 0.6 is 0 Å². The SMILES string of the molecule is CCCCCCCCCCCCCCC(=O)OCCCCCCCCCC. The van der Waals surface area contributed by atoms with Gasteiger partial charge in [-0.15, -0.1) is 0 Å². The average Bonchev–Trinajstić information content (AvgIpc) is 2.67. The van der Waals surface area contributed by atoms with Crippen LogP contribution in [0.2, 0.25) is 0 Å². The van der Waals surface area contributed by atoms with Crippen molar-refractivity contribution >= 4 is 5.97 Å². The number of esters is 1. The predicted molar refractivity (Wildman–Crippen MR) is 119 cm³/mol. The first-order valence-corrected chi connectivity index (χ1v) is 12.5. The van der Waals surface area contributed by atoms with E-state index in [9.17, 15) is 4.79 Å². The average molecular weight is 383 g/mol. The van der Waals surface area contributed by atoms with E-state index in [0.717, 1.165) is 12.8 Å². The highest BCUT2D eigenvalue weighted by molar-refractivity contribution is 5.69. The third-order valence-corrected chi connectivity index (χ3v) is 5.50. The van der Waals surface area contributed by atoms with Crippen molar-refractivity contribution in [2.75, 3.05) is 6.61 Å². The van der Waals surface area contributed by atoms with Crippen molar-refractivity contribution in [2.45, 2.75) is 149 Å². The molecule has 0 aliphatic rings. The number of unbranched alkanes of at least 4 members (excludes halogenated alkanes) is 18. The van der Waals surface area contributed by atoms with Gasteiger partial charge in [-0.3, -0.25) is 4.79 Å². The lowest BCUT2D eigenvalue weighted by Gasteiger charge is -2.05. The van der Waals surface area contributed by atoms with Gasteiger partial charge in [-0.1, -0.05) is 129 Å². The summed E-state index contributed by atoms with van der Waals surface area (Å²) in [4.78, 5) is 11.7. The largest absolute Gasteiger partial charge is 0.466 e. The van der Waals surface area contributed by atoms with Crippen LogP contribution in [-0.2, 0) is 9.53 Å². The zero-order valence-electron chi connectivity index (χ0n) is 18.9. The molecule has 0 aromatic carbocycles. The lowest BCUT2D eigenvalue weighted by Crippen LogP contribution is -2.05. The van der Waals surface area contributed by atoms with Crippen molar-refractivity contribution < 1.29 is 9.53 Å². The fourth-order valence-electron chi connectivity index (χ4n) is 3.60. The van der Waals surface area contributed by atoms with E-state index >= 15 is 0 Å². The van der Waals surface area contributed by atoms with E-state index in [1.165, 1.54) is 116 Å². The monoisotopic (exact) mass is 382 g/mol. The molecule has 0 bridgehead atoms. The third kappa shape index (κ3) is 23.4. The van der Waals surface area contributed by atoms with Crippen molar-refractivity contribution in [3.63, 3.8) is 0 Å². The predicted octanol–water partition coefficient (Wildman–Crippen LogP) is 8.76. The Hall–Kier alpha value is -0.530. The lowest BCUT2D eigenvalue weighted by atomic mass is 10.0. The van der Waals surface area contributed by atoms with Gasteiger partial charge < -0.3 is 4.74 Å². The number of carbonyl (C=O) groups excluding carboxylic acids is 1. The summed E-state index contributed by atoms with van der Waals surface area (Å²) in [6, 6.07) is 0. The summed E-state index contributed by atoms with van der Waals surface area (Å²) in [6.45, 7) is 5.16. The molecule has 2 nitrogen and oxygen atoms in total. The van der Waals surface area contributed by atoms with E-state index in [1.807, 2.05) is 0 Å². The van der Waals surface area contributed by atoms with E-state index in [0.29, 0.717) is 13.0 Å². The van der Waals surface area contributed by atoms with Gasteiger partial charge in [0.15, 0.2) is 0 Å². The molecule has 0 amide bonds. The maximum absolute atomic E-state index is 11.7. The molecule has 0 heterocycles. The molecule has 0 atom stereocenters. The Kier molecular flexibility index (Phi) is 23.0. The summed E-state index contributed by atoms with van der Waals surface area (Å²) >= 11 is 0. The number of carbonyl (C=O) groups is 1. The highest BCUT2D eigenvalue weighted by Gasteiger charge is 2.02. The van der Waals surface area contributed by atoms with Gasteiger partial charge >= 0.3 is 5.97 Å². The second-order valence-corrected chi connectivity index (χ2v) is 8.33. The normalized spacial score (nSPS) is 11.0. The molecule has 0 fully saturated rings. The minimum Gasteiger partial charge on any atom is -0.466 e. The molecule has 0 spiro atoms. The van der Waals surface area contributed by atoms with Crippen molar-refractivity contribution in [3.05, 3.63) is 0 Å². The first kappa shape index (κ1) is 26.5. The summed E-state index contributed by atoms with van der Waals surface area (Å²) in [5.74, 6) is 0.0185. The Morgan fingerprint density at radius 3 is 1.22 bits per heavy atom. The fourth-order valence-corrected chi connectivity index (χ4v) is 3.60. The Morgan fingerprint density at radius 1 is 0.481 bits per heavy atom. The highest BCUT2D eigenvalue weighted by atomic mass is 16.5. The standard InChI is InChI=1S/C25H50O2/c1-3-5-7-9-11-13-14-15-16-17-19-21-23-25(26)27-24-22-20-18-12-10-8-6-4-2/h3-24H2,1-2H3. The Bertz CT molecular complexity index is 288. The van der Waals surface area contributed by atoms with Gasteiger partial charge in [-0.25, -0.2) is 0 Å². The molecule has 27 heavy (non-hydrogen) atoms. The van der Waals surface area contributed by atoms with Crippen LogP contribution in [0, 0.1) is 0 Å². The van der Waals surface area contributed by atoms with Crippen molar-refractivity contribution in [1.82, 2.24) is 0 Å². The minimum atomic E-state index is 0.0185. The Morgan fingerprint density at radius 2 is 0.815 bits per heavy atom. The van der Waals surface area contributed by atoms with Gasteiger partial charge in [0.05, 0.1) is 6.61 Å². The first-order chi connectivity index (χ1) is 13.3. The molecule has 0 aliphatic heterocycles. The molecule has 0 rings (SSSR count). The number of hydrogen-bond donors (Lipinski definition) is 0. The van der Waals surface area contributed by atoms with Crippen molar-refractivity contribution in [3.8, 4) is 0 Å². The molecule has 0 N–H and O–H groups in total. The second-order valence-electron chi connectivity index (χ2n) is 8.33. The van der Waals surface area contributed by atoms with Crippen LogP contribution in [0.4, 0.5) is 0 Å². The van der Waals surface area contributed by atoms with E-state index < -0.39 is 0 Å². The molecule has 0 saturated heterocycles. The van der Waals surface area contributed by atoms with Crippen molar-refractivity contribution in [1.29, 1.82) is 0 Å². The second kappa shape index (κ2) is 23.5. The Labute approximate surface area is 171 Å². The molecule has 0 aromatic heterocycles. The summed E-state index contributed by atoms with van der Waals surface area (Å²) in [5, 5.41) is 0. The van der Waals surface area contributed by atoms with Crippen molar-refractivity contribution in [2.24, 2.45) is 0 Å². The molecule has 0 saturated carbocycles. The fraction of sp³-hybridized carbons (Fsp3) is 0.960. The summed E-state index contributed by atoms with van der Waals surface area (Å²) in [7, 11) is 0. The Balaban J connectivity index is 3.13. The maximum Gasteiger partial charge on any atom is 0.305 e. The molecule has 0 unspecified atom stereocenters. The van der Waals surface area contributed by atoms with Crippen LogP contribution in [0.25, 0.3) is 0 Å². The quantitative estimate of drug-likeness (QED) is 0.138. The van der Waals surface area contributed by atoms with Gasteiger partial charge in [-0.05, 0) is 12.8 Å². The summed E-state index contributed by atoms with van der Waals surface area (Å²) in [5.41, 5.74) is 0. The summed E-state index contributed by atoms with van der Waals surface area (Å²) in [6.07, 6.45) is 26.9. The molecule has 0 aromatic rings. The summed E-state index contributed by atoms with van der Waals surface area (Å²) < 4.78 is 5.35. The molecule has 2 heteroatoms. The molecule has 0 aliphatic carbocycles. The van der Waals surface area contributed by atoms with Gasteiger partial charge in [0.25, 0.3) is 0 Å². The maximum atomic E-state index is 11.7. The molecule has 0 radical (unpaired) electrons. The molecule has 162 valence electrons. The van der Waals surface area contributed by atoms with E-state index in [1.54, 1.807) is 0 Å². The van der Waals surface area contributed by atoms with E-state index in [4.69, 9.17) is 4.74 Å². The van der Waals surface area contributed by atoms with Crippen LogP contribution < -0.4 is 0 Å². The number of ether oxygens (including phenoxy) is 1. The third-order valence-electron chi connectivity index (χ3n) is 5.50. The minimum absolute atomic E-state index is 0.0185. The molecular formula is C25H50O2. The van der Waals surface area contributed by atoms with Crippen LogP contribution in [0.5, 0.6) is 0 Å². The van der Waals surface area contributed by atoms with Gasteiger partial charge in [0.2, 0.25) is 0 Å². The molecular weight excluding hydrogens is 332 g/mol. The zero-order valence-corrected chi connectivity index (χ0v) is 18.9. The smallest absolute Gasteiger partial charge is 0.305 e. The van der Waals surface area contributed by atoms with Crippen LogP contribution in [-0.4, -0.2) is 12.6 Å². The first-order valence-electron chi connectivity index (χ1n) is 12.5. The zero-order chi connectivity index (χ0) is 19.8. The van der Waals surface area contributed by atoms with E-state index in [-0.39, 0.29) is 5.97 Å². The van der Waals surface area contributed by atoms with Gasteiger partial charge in [0, 0.05) is 6.42 Å². The number of rotatable bonds is 22. The van der Waals surface area contributed by atoms with Crippen LogP contribution in [0.3, 0.4) is 0 Å². The van der Waals surface area contributed by atoms with Crippen LogP contribution in [0.1, 0.15) is 149 Å². The van der Waals surface area contributed by atoms with E-state index in [2.05, 4.69) is 13.8 Å². The van der Waals surface area contributed by atoms with Gasteiger partial charge in [-0.2, -0.15) is 0 Å². The highest BCUT2D eigenvalue weighted by Crippen LogP contribution is 2.13. The van der Waals surface area contributed by atoms with Gasteiger partial charge in [0.1, 0.15) is 0 Å². The topological polar surface area (TPSA) is 26.3 Å². The lowest BCUT2D eigenvalue weighted by molar-refractivity contribution is -0.143. The number of hydrogen-bond acceptors (Lipinski definition) is 2. The van der Waals surface area contributed by atoms with Crippen LogP contribution in [0.15, 0.2) is 0 Å².